The van der Waals surface area contributed by atoms with Gasteiger partial charge in [0.05, 0.1) is 0 Å². The molecule has 20 heavy (non-hydrogen) atoms. The standard InChI is InChI=1S/C13H22N2O3S2/c1-14-7-5-11(9-14)10-15(2)20(17,18)13-4-3-12(19-13)6-8-16/h3-4,11,16H,5-10H2,1-2H3. The molecule has 2 heterocycles. The van der Waals surface area contributed by atoms with Crippen LogP contribution in [0.5, 0.6) is 0 Å². The molecular formula is C13H22N2O3S2. The van der Waals surface area contributed by atoms with Gasteiger partial charge in [0, 0.05) is 38.0 Å². The summed E-state index contributed by atoms with van der Waals surface area (Å²) in [5, 5.41) is 8.90. The summed E-state index contributed by atoms with van der Waals surface area (Å²) in [4.78, 5) is 3.13. The van der Waals surface area contributed by atoms with Crippen LogP contribution in [0.2, 0.25) is 0 Å². The predicted octanol–water partition coefficient (Wildman–Crippen LogP) is 0.855. The first-order valence-electron chi connectivity index (χ1n) is 6.78. The Balaban J connectivity index is 2.04. The molecule has 114 valence electrons. The van der Waals surface area contributed by atoms with Crippen LogP contribution >= 0.6 is 11.3 Å². The summed E-state index contributed by atoms with van der Waals surface area (Å²) in [6.45, 7) is 2.61. The molecule has 1 N–H and O–H groups in total. The lowest BCUT2D eigenvalue weighted by atomic mass is 10.1. The van der Waals surface area contributed by atoms with E-state index in [-0.39, 0.29) is 6.61 Å². The van der Waals surface area contributed by atoms with Crippen LogP contribution in [-0.4, -0.2) is 63.1 Å². The zero-order chi connectivity index (χ0) is 14.8. The number of hydrogen-bond acceptors (Lipinski definition) is 5. The van der Waals surface area contributed by atoms with E-state index in [0.717, 1.165) is 24.4 Å². The maximum atomic E-state index is 12.5. The molecule has 0 radical (unpaired) electrons. The molecule has 0 amide bonds. The Kier molecular flexibility index (Phi) is 5.19. The van der Waals surface area contributed by atoms with E-state index in [0.29, 0.717) is 23.1 Å². The number of nitrogens with zero attached hydrogens (tertiary/aromatic N) is 2. The zero-order valence-electron chi connectivity index (χ0n) is 11.9. The van der Waals surface area contributed by atoms with E-state index in [1.54, 1.807) is 19.2 Å². The fourth-order valence-electron chi connectivity index (χ4n) is 2.53. The number of sulfonamides is 1. The Labute approximate surface area is 124 Å². The van der Waals surface area contributed by atoms with Gasteiger partial charge >= 0.3 is 0 Å². The van der Waals surface area contributed by atoms with Crippen molar-refractivity contribution in [3.05, 3.63) is 17.0 Å². The van der Waals surface area contributed by atoms with Gasteiger partial charge in [0.15, 0.2) is 0 Å². The van der Waals surface area contributed by atoms with Gasteiger partial charge in [0.2, 0.25) is 0 Å². The minimum Gasteiger partial charge on any atom is -0.396 e. The molecule has 0 aromatic carbocycles. The lowest BCUT2D eigenvalue weighted by Crippen LogP contribution is -2.32. The van der Waals surface area contributed by atoms with Crippen molar-refractivity contribution in [1.29, 1.82) is 0 Å². The molecule has 1 aliphatic rings. The van der Waals surface area contributed by atoms with E-state index in [2.05, 4.69) is 11.9 Å². The van der Waals surface area contributed by atoms with E-state index in [9.17, 15) is 8.42 Å². The Morgan fingerprint density at radius 3 is 2.85 bits per heavy atom. The number of aliphatic hydroxyl groups is 1. The zero-order valence-corrected chi connectivity index (χ0v) is 13.6. The van der Waals surface area contributed by atoms with Crippen LogP contribution in [0, 0.1) is 5.92 Å². The SMILES string of the molecule is CN1CCC(CN(C)S(=O)(=O)c2ccc(CCO)s2)C1. The number of aliphatic hydroxyl groups excluding tert-OH is 1. The molecular weight excluding hydrogens is 296 g/mol. The minimum atomic E-state index is -3.39. The number of likely N-dealkylation sites (tertiary alicyclic amines) is 1. The first-order valence-corrected chi connectivity index (χ1v) is 9.03. The predicted molar refractivity (Wildman–Crippen MR) is 80.5 cm³/mol. The highest BCUT2D eigenvalue weighted by atomic mass is 32.2. The third kappa shape index (κ3) is 3.59. The van der Waals surface area contributed by atoms with Crippen molar-refractivity contribution in [2.45, 2.75) is 17.1 Å². The molecule has 2 rings (SSSR count). The molecule has 0 spiro atoms. The average molecular weight is 318 g/mol. The summed E-state index contributed by atoms with van der Waals surface area (Å²) in [5.41, 5.74) is 0. The molecule has 1 saturated heterocycles. The Bertz CT molecular complexity index is 542. The van der Waals surface area contributed by atoms with Crippen LogP contribution < -0.4 is 0 Å². The highest BCUT2D eigenvalue weighted by molar-refractivity contribution is 7.91. The molecule has 1 aromatic rings. The summed E-state index contributed by atoms with van der Waals surface area (Å²) in [6, 6.07) is 3.42. The Morgan fingerprint density at radius 2 is 2.25 bits per heavy atom. The lowest BCUT2D eigenvalue weighted by Gasteiger charge is -2.20. The van der Waals surface area contributed by atoms with Gasteiger partial charge in [-0.1, -0.05) is 0 Å². The molecule has 1 aliphatic heterocycles. The van der Waals surface area contributed by atoms with Crippen LogP contribution in [0.4, 0.5) is 0 Å². The number of rotatable bonds is 6. The second-order valence-corrected chi connectivity index (χ2v) is 8.84. The third-order valence-corrected chi connectivity index (χ3v) is 7.10. The second kappa shape index (κ2) is 6.53. The van der Waals surface area contributed by atoms with Gasteiger partial charge in [-0.05, 0) is 38.1 Å². The monoisotopic (exact) mass is 318 g/mol. The highest BCUT2D eigenvalue weighted by Gasteiger charge is 2.28. The largest absolute Gasteiger partial charge is 0.396 e. The fourth-order valence-corrected chi connectivity index (χ4v) is 5.33. The molecule has 0 saturated carbocycles. The van der Waals surface area contributed by atoms with Gasteiger partial charge in [0.25, 0.3) is 10.0 Å². The van der Waals surface area contributed by atoms with Gasteiger partial charge in [-0.25, -0.2) is 8.42 Å². The van der Waals surface area contributed by atoms with E-state index < -0.39 is 10.0 Å². The summed E-state index contributed by atoms with van der Waals surface area (Å²) in [5.74, 6) is 0.414. The minimum absolute atomic E-state index is 0.0459. The maximum absolute atomic E-state index is 12.5. The molecule has 1 fully saturated rings. The highest BCUT2D eigenvalue weighted by Crippen LogP contribution is 2.26. The smallest absolute Gasteiger partial charge is 0.252 e. The van der Waals surface area contributed by atoms with Gasteiger partial charge in [-0.2, -0.15) is 4.31 Å². The molecule has 0 bridgehead atoms. The Morgan fingerprint density at radius 1 is 1.50 bits per heavy atom. The topological polar surface area (TPSA) is 60.9 Å². The fraction of sp³-hybridized carbons (Fsp3) is 0.692. The maximum Gasteiger partial charge on any atom is 0.252 e. The Hall–Kier alpha value is -0.470. The van der Waals surface area contributed by atoms with Gasteiger partial charge < -0.3 is 10.0 Å². The first-order chi connectivity index (χ1) is 9.43. The number of hydrogen-bond donors (Lipinski definition) is 1. The van der Waals surface area contributed by atoms with Crippen LogP contribution in [0.15, 0.2) is 16.3 Å². The average Bonchev–Trinajstić information content (AvgIpc) is 2.99. The van der Waals surface area contributed by atoms with Crippen molar-refractivity contribution in [2.24, 2.45) is 5.92 Å². The molecule has 0 aliphatic carbocycles. The normalized spacial score (nSPS) is 20.9. The lowest BCUT2D eigenvalue weighted by molar-refractivity contribution is 0.300. The number of thiophene rings is 1. The molecule has 1 unspecified atom stereocenters. The molecule has 7 heteroatoms. The first kappa shape index (κ1) is 15.9. The van der Waals surface area contributed by atoms with E-state index in [1.165, 1.54) is 15.6 Å². The van der Waals surface area contributed by atoms with E-state index in [4.69, 9.17) is 5.11 Å². The van der Waals surface area contributed by atoms with Crippen LogP contribution in [0.1, 0.15) is 11.3 Å². The summed E-state index contributed by atoms with van der Waals surface area (Å²) >= 11 is 1.25. The van der Waals surface area contributed by atoms with Crippen LogP contribution in [0.3, 0.4) is 0 Å². The quantitative estimate of drug-likeness (QED) is 0.845. The summed E-state index contributed by atoms with van der Waals surface area (Å²) < 4.78 is 26.8. The van der Waals surface area contributed by atoms with Crippen LogP contribution in [0.25, 0.3) is 0 Å². The van der Waals surface area contributed by atoms with E-state index in [1.807, 2.05) is 0 Å². The molecule has 1 atom stereocenters. The third-order valence-electron chi connectivity index (χ3n) is 3.66. The molecule has 1 aromatic heterocycles. The summed E-state index contributed by atoms with van der Waals surface area (Å²) in [7, 11) is 0.327. The van der Waals surface area contributed by atoms with Crippen molar-refractivity contribution in [3.8, 4) is 0 Å². The van der Waals surface area contributed by atoms with Crippen LogP contribution in [-0.2, 0) is 16.4 Å². The van der Waals surface area contributed by atoms with E-state index >= 15 is 0 Å². The van der Waals surface area contributed by atoms with Crippen molar-refractivity contribution in [2.75, 3.05) is 40.3 Å². The van der Waals surface area contributed by atoms with Crippen molar-refractivity contribution in [3.63, 3.8) is 0 Å². The van der Waals surface area contributed by atoms with Gasteiger partial charge in [0.1, 0.15) is 4.21 Å². The van der Waals surface area contributed by atoms with Crippen molar-refractivity contribution >= 4 is 21.4 Å². The molecule has 5 nitrogen and oxygen atoms in total. The second-order valence-electron chi connectivity index (χ2n) is 5.40. The van der Waals surface area contributed by atoms with Crippen molar-refractivity contribution in [1.82, 2.24) is 9.21 Å². The van der Waals surface area contributed by atoms with Gasteiger partial charge in [-0.3, -0.25) is 0 Å². The van der Waals surface area contributed by atoms with Gasteiger partial charge in [-0.15, -0.1) is 11.3 Å². The summed E-state index contributed by atoms with van der Waals surface area (Å²) in [6.07, 6.45) is 1.56. The van der Waals surface area contributed by atoms with Crippen molar-refractivity contribution < 1.29 is 13.5 Å².